The number of carbonyl (C=O) groups excluding carboxylic acids is 1. The first-order valence-electron chi connectivity index (χ1n) is 11.7. The summed E-state index contributed by atoms with van der Waals surface area (Å²) >= 11 is 5.95. The summed E-state index contributed by atoms with van der Waals surface area (Å²) in [5.74, 6) is -1.26. The van der Waals surface area contributed by atoms with E-state index in [0.717, 1.165) is 43.5 Å². The van der Waals surface area contributed by atoms with Crippen molar-refractivity contribution >= 4 is 41.6 Å². The molecular formula is C24H25ClF3N2O7P. The molecular weight excluding hydrogens is 552 g/mol. The van der Waals surface area contributed by atoms with E-state index in [1.165, 1.54) is 20.1 Å². The molecule has 14 heteroatoms. The second kappa shape index (κ2) is 12.2. The summed E-state index contributed by atoms with van der Waals surface area (Å²) in [7, 11) is -2.89. The fraction of sp³-hybridized carbons (Fsp3) is 0.417. The lowest BCUT2D eigenvalue weighted by atomic mass is 9.86. The number of nitro benzene ring substituents is 1. The van der Waals surface area contributed by atoms with Gasteiger partial charge in [0.15, 0.2) is 5.71 Å². The van der Waals surface area contributed by atoms with Gasteiger partial charge in [-0.15, -0.1) is 0 Å². The Kier molecular flexibility index (Phi) is 9.43. The van der Waals surface area contributed by atoms with Crippen molar-refractivity contribution in [2.45, 2.75) is 45.2 Å². The zero-order valence-electron chi connectivity index (χ0n) is 20.5. The smallest absolute Gasteiger partial charge is 0.416 e. The first-order chi connectivity index (χ1) is 17.9. The lowest BCUT2D eigenvalue weighted by molar-refractivity contribution is -0.383. The van der Waals surface area contributed by atoms with E-state index in [0.29, 0.717) is 18.9 Å². The van der Waals surface area contributed by atoms with Gasteiger partial charge in [0.2, 0.25) is 0 Å². The molecule has 1 atom stereocenters. The van der Waals surface area contributed by atoms with Crippen LogP contribution in [0.25, 0.3) is 0 Å². The van der Waals surface area contributed by atoms with E-state index in [1.807, 2.05) is 0 Å². The Morgan fingerprint density at radius 3 is 2.42 bits per heavy atom. The molecule has 1 unspecified atom stereocenters. The van der Waals surface area contributed by atoms with Gasteiger partial charge >= 0.3 is 19.5 Å². The summed E-state index contributed by atoms with van der Waals surface area (Å²) in [5, 5.41) is 14.9. The van der Waals surface area contributed by atoms with E-state index in [4.69, 9.17) is 25.7 Å². The Morgan fingerprint density at radius 1 is 1.18 bits per heavy atom. The molecule has 0 spiro atoms. The van der Waals surface area contributed by atoms with Crippen molar-refractivity contribution in [3.05, 3.63) is 57.1 Å². The number of benzene rings is 2. The third kappa shape index (κ3) is 6.85. The van der Waals surface area contributed by atoms with E-state index >= 15 is 0 Å². The van der Waals surface area contributed by atoms with E-state index in [9.17, 15) is 32.6 Å². The highest BCUT2D eigenvalue weighted by molar-refractivity contribution is 7.67. The largest absolute Gasteiger partial charge is 0.464 e. The van der Waals surface area contributed by atoms with E-state index in [2.05, 4.69) is 5.16 Å². The topological polar surface area (TPSA) is 117 Å². The standard InChI is InChI=1S/C24H25ClF3N2O7P/c1-3-38(34,37-29-22(23(31)35-2)15-7-5-4-6-8-15)21-14-17(10-11-19(21)30(32)33)36-20-12-9-16(13-18(20)25)24(26,27)28/h9-15H,3-8H2,1-2H3. The highest BCUT2D eigenvalue weighted by Gasteiger charge is 2.36. The Balaban J connectivity index is 1.99. The predicted molar refractivity (Wildman–Crippen MR) is 135 cm³/mol. The minimum Gasteiger partial charge on any atom is -0.464 e. The van der Waals surface area contributed by atoms with Crippen molar-refractivity contribution < 1.29 is 41.6 Å². The zero-order chi connectivity index (χ0) is 28.1. The molecule has 0 N–H and O–H groups in total. The van der Waals surface area contributed by atoms with Gasteiger partial charge in [-0.1, -0.05) is 42.9 Å². The molecule has 9 nitrogen and oxygen atoms in total. The molecule has 2 aromatic carbocycles. The average molecular weight is 577 g/mol. The Labute approximate surface area is 221 Å². The van der Waals surface area contributed by atoms with Crippen molar-refractivity contribution in [2.75, 3.05) is 13.3 Å². The molecule has 0 bridgehead atoms. The quantitative estimate of drug-likeness (QED) is 0.103. The fourth-order valence-corrected chi connectivity index (χ4v) is 5.83. The van der Waals surface area contributed by atoms with Crippen molar-refractivity contribution in [3.63, 3.8) is 0 Å². The molecule has 38 heavy (non-hydrogen) atoms. The van der Waals surface area contributed by atoms with Crippen molar-refractivity contribution in [1.82, 2.24) is 0 Å². The third-order valence-electron chi connectivity index (χ3n) is 6.07. The summed E-state index contributed by atoms with van der Waals surface area (Å²) in [4.78, 5) is 23.3. The third-order valence-corrected chi connectivity index (χ3v) is 8.64. The van der Waals surface area contributed by atoms with Gasteiger partial charge < -0.3 is 14.1 Å². The van der Waals surface area contributed by atoms with Gasteiger partial charge in [0.05, 0.1) is 22.6 Å². The zero-order valence-corrected chi connectivity index (χ0v) is 22.1. The van der Waals surface area contributed by atoms with Crippen LogP contribution in [-0.2, 0) is 24.9 Å². The summed E-state index contributed by atoms with van der Waals surface area (Å²) in [6.45, 7) is 1.47. The lowest BCUT2D eigenvalue weighted by Gasteiger charge is -2.22. The van der Waals surface area contributed by atoms with E-state index < -0.39 is 35.7 Å². The van der Waals surface area contributed by atoms with Crippen molar-refractivity contribution in [3.8, 4) is 11.5 Å². The molecule has 1 fully saturated rings. The first kappa shape index (κ1) is 29.4. The maximum Gasteiger partial charge on any atom is 0.416 e. The Morgan fingerprint density at radius 2 is 1.87 bits per heavy atom. The lowest BCUT2D eigenvalue weighted by Crippen LogP contribution is -2.27. The van der Waals surface area contributed by atoms with Crippen LogP contribution in [0.15, 0.2) is 41.6 Å². The van der Waals surface area contributed by atoms with Crippen LogP contribution in [0.3, 0.4) is 0 Å². The van der Waals surface area contributed by atoms with Gasteiger partial charge in [0.25, 0.3) is 5.69 Å². The molecule has 0 aromatic heterocycles. The number of methoxy groups -OCH3 is 1. The van der Waals surface area contributed by atoms with Crippen LogP contribution in [-0.4, -0.2) is 29.9 Å². The molecule has 206 valence electrons. The predicted octanol–water partition coefficient (Wildman–Crippen LogP) is 7.11. The van der Waals surface area contributed by atoms with Crippen LogP contribution >= 0.6 is 19.0 Å². The van der Waals surface area contributed by atoms with Crippen LogP contribution in [0.5, 0.6) is 11.5 Å². The molecule has 0 heterocycles. The summed E-state index contributed by atoms with van der Waals surface area (Å²) in [6, 6.07) is 5.74. The second-order valence-electron chi connectivity index (χ2n) is 8.53. The maximum absolute atomic E-state index is 13.8. The van der Waals surface area contributed by atoms with Crippen LogP contribution < -0.4 is 10.0 Å². The monoisotopic (exact) mass is 576 g/mol. The molecule has 1 saturated carbocycles. The number of halogens is 4. The molecule has 2 aromatic rings. The van der Waals surface area contributed by atoms with E-state index in [-0.39, 0.29) is 39.6 Å². The fourth-order valence-electron chi connectivity index (χ4n) is 4.02. The minimum atomic E-state index is -4.62. The SMILES string of the molecule is CCP(=O)(ON=C(C(=O)OC)C1CCCCC1)c1cc(Oc2ccc(C(F)(F)F)cc2Cl)ccc1[N+](=O)[O-]. The Hall–Kier alpha value is -3.11. The molecule has 0 aliphatic heterocycles. The highest BCUT2D eigenvalue weighted by atomic mass is 35.5. The Bertz CT molecular complexity index is 1280. The van der Waals surface area contributed by atoms with Gasteiger partial charge in [-0.3, -0.25) is 14.7 Å². The van der Waals surface area contributed by atoms with Gasteiger partial charge in [0, 0.05) is 24.2 Å². The van der Waals surface area contributed by atoms with Crippen molar-refractivity contribution in [2.24, 2.45) is 11.1 Å². The van der Waals surface area contributed by atoms with Crippen LogP contribution in [0, 0.1) is 16.0 Å². The number of nitrogens with zero attached hydrogens (tertiary/aromatic N) is 2. The number of hydrogen-bond acceptors (Lipinski definition) is 8. The number of nitro groups is 1. The average Bonchev–Trinajstić information content (AvgIpc) is 2.89. The highest BCUT2D eigenvalue weighted by Crippen LogP contribution is 2.49. The summed E-state index contributed by atoms with van der Waals surface area (Å²) in [6.07, 6.45) is -0.791. The number of hydrogen-bond donors (Lipinski definition) is 0. The van der Waals surface area contributed by atoms with Crippen LogP contribution in [0.2, 0.25) is 5.02 Å². The first-order valence-corrected chi connectivity index (χ1v) is 13.9. The molecule has 0 amide bonds. The minimum absolute atomic E-state index is 0.0486. The van der Waals surface area contributed by atoms with Crippen LogP contribution in [0.1, 0.15) is 44.6 Å². The van der Waals surface area contributed by atoms with E-state index in [1.54, 1.807) is 0 Å². The summed E-state index contributed by atoms with van der Waals surface area (Å²) < 4.78 is 68.4. The van der Waals surface area contributed by atoms with Gasteiger partial charge in [-0.05, 0) is 37.1 Å². The second-order valence-corrected chi connectivity index (χ2v) is 11.6. The normalized spacial score (nSPS) is 16.4. The van der Waals surface area contributed by atoms with Gasteiger partial charge in [-0.2, -0.15) is 13.2 Å². The number of alkyl halides is 3. The van der Waals surface area contributed by atoms with Gasteiger partial charge in [-0.25, -0.2) is 4.79 Å². The maximum atomic E-state index is 13.8. The molecule has 0 radical (unpaired) electrons. The number of ether oxygens (including phenoxy) is 2. The van der Waals surface area contributed by atoms with Crippen molar-refractivity contribution in [1.29, 1.82) is 0 Å². The van der Waals surface area contributed by atoms with Crippen LogP contribution in [0.4, 0.5) is 18.9 Å². The molecule has 1 aliphatic rings. The molecule has 3 rings (SSSR count). The number of rotatable bonds is 9. The molecule has 1 aliphatic carbocycles. The number of oxime groups is 1. The molecule has 0 saturated heterocycles. The van der Waals surface area contributed by atoms with Gasteiger partial charge in [0.1, 0.15) is 16.8 Å². The number of esters is 1. The summed E-state index contributed by atoms with van der Waals surface area (Å²) in [5.41, 5.74) is -1.58. The number of carbonyl (C=O) groups is 1.